The molecule has 0 aliphatic rings. The first-order valence-electron chi connectivity index (χ1n) is 7.40. The minimum Gasteiger partial charge on any atom is -0.283 e. The molecule has 2 aromatic rings. The molecule has 35 heavy (non-hydrogen) atoms. The van der Waals surface area contributed by atoms with Gasteiger partial charge in [0.05, 0.1) is 11.6 Å². The van der Waals surface area contributed by atoms with Crippen molar-refractivity contribution in [1.29, 1.82) is 0 Å². The first-order chi connectivity index (χ1) is 14.9. The van der Waals surface area contributed by atoms with E-state index < -0.39 is 81.9 Å². The largest absolute Gasteiger partial charge is 2.00 e. The Morgan fingerprint density at radius 3 is 0.771 bits per heavy atom. The Labute approximate surface area is 193 Å². The Kier molecular flexibility index (Phi) is 9.77. The first-order valence-corrected chi connectivity index (χ1v) is 7.40. The molecule has 0 nitrogen and oxygen atoms in total. The van der Waals surface area contributed by atoms with Crippen LogP contribution >= 0.6 is 0 Å². The van der Waals surface area contributed by atoms with Crippen LogP contribution in [-0.2, 0) is 44.2 Å². The van der Waals surface area contributed by atoms with Crippen LogP contribution in [0.15, 0.2) is 0 Å². The molecule has 2 rings (SSSR count). The van der Waals surface area contributed by atoms with Crippen LogP contribution in [0.3, 0.4) is 0 Å². The quantitative estimate of drug-likeness (QED) is 0.125. The van der Waals surface area contributed by atoms with Crippen molar-refractivity contribution in [2.75, 3.05) is 0 Å². The molecule has 0 N–H and O–H groups in total. The van der Waals surface area contributed by atoms with E-state index in [0.29, 0.717) is 12.1 Å². The second kappa shape index (κ2) is 10.4. The van der Waals surface area contributed by atoms with Gasteiger partial charge in [-0.3, -0.25) is 17.6 Å². The maximum absolute atomic E-state index is 12.8. The molecule has 0 unspecified atom stereocenters. The first kappa shape index (κ1) is 32.8. The van der Waals surface area contributed by atoms with Crippen molar-refractivity contribution in [1.82, 2.24) is 0 Å². The summed E-state index contributed by atoms with van der Waals surface area (Å²) in [5, 5.41) is 0. The molecule has 0 aliphatic carbocycles. The van der Waals surface area contributed by atoms with Gasteiger partial charge in [0, 0.05) is 34.4 Å². The summed E-state index contributed by atoms with van der Waals surface area (Å²) in [6.07, 6.45) is -22.8. The Hall–Kier alpha value is -2.20. The maximum Gasteiger partial charge on any atom is 2.00 e. The summed E-state index contributed by atoms with van der Waals surface area (Å²) in [5.74, 6) is -16.5. The third-order valence-electron chi connectivity index (χ3n) is 3.31. The van der Waals surface area contributed by atoms with Gasteiger partial charge in [-0.15, -0.1) is 12.1 Å². The predicted molar refractivity (Wildman–Crippen MR) is 70.3 cm³/mol. The van der Waals surface area contributed by atoms with Gasteiger partial charge in [-0.25, -0.2) is 8.78 Å². The van der Waals surface area contributed by atoms with E-state index in [0.717, 1.165) is 0 Å². The summed E-state index contributed by atoms with van der Waals surface area (Å²) in [7, 11) is 0. The summed E-state index contributed by atoms with van der Waals surface area (Å²) >= 11 is 0. The van der Waals surface area contributed by atoms with Crippen LogP contribution in [0.1, 0.15) is 22.3 Å². The fourth-order valence-electron chi connectivity index (χ4n) is 1.99. The van der Waals surface area contributed by atoms with Gasteiger partial charge in [0.25, 0.3) is 0 Å². The van der Waals surface area contributed by atoms with Gasteiger partial charge < -0.3 is 0 Å². The molecule has 0 aliphatic heterocycles. The summed E-state index contributed by atoms with van der Waals surface area (Å²) in [4.78, 5) is 0. The maximum atomic E-state index is 12.8. The minimum atomic E-state index is -5.79. The van der Waals surface area contributed by atoms with E-state index in [1.165, 1.54) is 0 Å². The normalized spacial score (nSPS) is 12.6. The summed E-state index contributed by atoms with van der Waals surface area (Å²) in [6, 6.07) is 1.11. The number of benzene rings is 2. The molecule has 0 saturated heterocycles. The van der Waals surface area contributed by atoms with Crippen molar-refractivity contribution in [2.45, 2.75) is 24.7 Å². The molecule has 0 atom stereocenters. The van der Waals surface area contributed by atoms with Gasteiger partial charge in [0.15, 0.2) is 0 Å². The summed E-state index contributed by atoms with van der Waals surface area (Å²) < 4.78 is 220. The fraction of sp³-hybridized carbons (Fsp3) is 0.250. The van der Waals surface area contributed by atoms with Crippen molar-refractivity contribution in [3.05, 3.63) is 69.3 Å². The van der Waals surface area contributed by atoms with Crippen molar-refractivity contribution >= 4 is 0 Å². The molecule has 0 fully saturated rings. The van der Waals surface area contributed by atoms with E-state index in [1.54, 1.807) is 0 Å². The number of halogens is 18. The molecule has 0 radical (unpaired) electrons. The van der Waals surface area contributed by atoms with Gasteiger partial charge in [-0.05, 0) is 11.1 Å². The third-order valence-corrected chi connectivity index (χ3v) is 3.31. The van der Waals surface area contributed by atoms with Crippen LogP contribution in [0, 0.1) is 47.0 Å². The summed E-state index contributed by atoms with van der Waals surface area (Å²) in [5.41, 5.74) is -11.1. The third kappa shape index (κ3) is 7.40. The standard InChI is InChI=1S/2C8F9.Zn/c2*9-3-1-2(7(12,13)14)5(10)4(6(3)11)8(15,16)17;/q2*-1;+2. The second-order valence-corrected chi connectivity index (χ2v) is 5.62. The molecule has 0 aromatic heterocycles. The van der Waals surface area contributed by atoms with E-state index in [2.05, 4.69) is 0 Å². The molecule has 192 valence electrons. The van der Waals surface area contributed by atoms with Gasteiger partial charge in [-0.1, -0.05) is 0 Å². The summed E-state index contributed by atoms with van der Waals surface area (Å²) in [6.45, 7) is 0. The average Bonchev–Trinajstić information content (AvgIpc) is 2.57. The Morgan fingerprint density at radius 2 is 0.600 bits per heavy atom. The van der Waals surface area contributed by atoms with Crippen molar-refractivity contribution < 1.29 is 98.5 Å². The van der Waals surface area contributed by atoms with Crippen LogP contribution in [-0.4, -0.2) is 0 Å². The number of alkyl halides is 12. The molecular weight excluding hydrogens is 600 g/mol. The number of rotatable bonds is 0. The minimum absolute atomic E-state index is 0. The second-order valence-electron chi connectivity index (χ2n) is 5.62. The van der Waals surface area contributed by atoms with E-state index in [-0.39, 0.29) is 19.5 Å². The van der Waals surface area contributed by atoms with E-state index >= 15 is 0 Å². The van der Waals surface area contributed by atoms with E-state index in [4.69, 9.17) is 0 Å². The van der Waals surface area contributed by atoms with Crippen LogP contribution in [0.25, 0.3) is 0 Å². The molecule has 0 bridgehead atoms. The fourth-order valence-corrected chi connectivity index (χ4v) is 1.99. The van der Waals surface area contributed by atoms with Crippen LogP contribution in [0.5, 0.6) is 0 Å². The van der Waals surface area contributed by atoms with E-state index in [9.17, 15) is 79.0 Å². The molecule has 0 amide bonds. The molecule has 19 heteroatoms. The number of hydrogen-bond acceptors (Lipinski definition) is 0. The zero-order valence-corrected chi connectivity index (χ0v) is 18.5. The number of hydrogen-bond donors (Lipinski definition) is 0. The molecule has 0 spiro atoms. The van der Waals surface area contributed by atoms with Crippen LogP contribution in [0.2, 0.25) is 0 Å². The SMILES string of the molecule is Fc1[c-]c(C(F)(F)F)c(F)c(C(F)(F)F)c1F.Fc1[c-]c(C(F)(F)F)c(F)c(C(F)(F)F)c1F.[Zn+2]. The van der Waals surface area contributed by atoms with E-state index in [1.807, 2.05) is 0 Å². The van der Waals surface area contributed by atoms with Gasteiger partial charge in [0.2, 0.25) is 0 Å². The Bertz CT molecular complexity index is 972. The topological polar surface area (TPSA) is 0 Å². The van der Waals surface area contributed by atoms with Crippen LogP contribution < -0.4 is 0 Å². The Morgan fingerprint density at radius 1 is 0.371 bits per heavy atom. The average molecular weight is 600 g/mol. The Balaban J connectivity index is 0.000000642. The van der Waals surface area contributed by atoms with Crippen molar-refractivity contribution in [3.8, 4) is 0 Å². The zero-order chi connectivity index (χ0) is 27.2. The molecule has 0 saturated carbocycles. The molecule has 2 aromatic carbocycles. The van der Waals surface area contributed by atoms with Crippen molar-refractivity contribution in [2.24, 2.45) is 0 Å². The van der Waals surface area contributed by atoms with Crippen LogP contribution in [0.4, 0.5) is 79.0 Å². The van der Waals surface area contributed by atoms with Crippen molar-refractivity contribution in [3.63, 3.8) is 0 Å². The molecular formula is C16F18Zn. The zero-order valence-electron chi connectivity index (χ0n) is 15.5. The predicted octanol–water partition coefficient (Wildman–Crippen LogP) is 7.88. The van der Waals surface area contributed by atoms with Gasteiger partial charge >= 0.3 is 44.2 Å². The van der Waals surface area contributed by atoms with Gasteiger partial charge in [-0.2, -0.15) is 52.7 Å². The van der Waals surface area contributed by atoms with Gasteiger partial charge in [0.1, 0.15) is 0 Å². The molecule has 0 heterocycles. The monoisotopic (exact) mass is 598 g/mol. The smallest absolute Gasteiger partial charge is 0.283 e.